The molecule has 124 valence electrons. The standard InChI is InChI=1S/C16H26N2O4/c19-15(13-3-1-9-21-13)17-11-12-5-7-18(8-6-12)16(20)14-4-2-10-22-14/h12-14H,1-11H2,(H,17,19)/t13-,14+/m1/s1. The van der Waals surface area contributed by atoms with E-state index in [9.17, 15) is 9.59 Å². The predicted octanol–water partition coefficient (Wildman–Crippen LogP) is 0.699. The third kappa shape index (κ3) is 3.79. The summed E-state index contributed by atoms with van der Waals surface area (Å²) in [6.07, 6.45) is 5.09. The average Bonchev–Trinajstić information content (AvgIpc) is 3.25. The first-order valence-electron chi connectivity index (χ1n) is 8.54. The van der Waals surface area contributed by atoms with E-state index in [-0.39, 0.29) is 24.0 Å². The number of amides is 2. The normalized spacial score (nSPS) is 29.7. The Kier molecular flexibility index (Phi) is 5.31. The molecule has 0 spiro atoms. The first-order valence-corrected chi connectivity index (χ1v) is 8.54. The maximum Gasteiger partial charge on any atom is 0.251 e. The summed E-state index contributed by atoms with van der Waals surface area (Å²) in [5.41, 5.74) is 0. The SMILES string of the molecule is O=C(NCC1CCN(C(=O)[C@@H]2CCCO2)CC1)[C@H]1CCCO1. The Balaban J connectivity index is 1.36. The van der Waals surface area contributed by atoms with Gasteiger partial charge >= 0.3 is 0 Å². The smallest absolute Gasteiger partial charge is 0.251 e. The Morgan fingerprint density at radius 3 is 2.18 bits per heavy atom. The highest BCUT2D eigenvalue weighted by Gasteiger charge is 2.31. The van der Waals surface area contributed by atoms with Gasteiger partial charge in [-0.05, 0) is 44.4 Å². The van der Waals surface area contributed by atoms with Crippen molar-refractivity contribution in [3.63, 3.8) is 0 Å². The van der Waals surface area contributed by atoms with Gasteiger partial charge in [-0.25, -0.2) is 0 Å². The van der Waals surface area contributed by atoms with Gasteiger partial charge in [-0.3, -0.25) is 9.59 Å². The van der Waals surface area contributed by atoms with Gasteiger partial charge in [-0.1, -0.05) is 0 Å². The summed E-state index contributed by atoms with van der Waals surface area (Å²) < 4.78 is 10.8. The Morgan fingerprint density at radius 2 is 1.59 bits per heavy atom. The van der Waals surface area contributed by atoms with Gasteiger partial charge in [-0.2, -0.15) is 0 Å². The first kappa shape index (κ1) is 15.7. The van der Waals surface area contributed by atoms with Crippen LogP contribution >= 0.6 is 0 Å². The van der Waals surface area contributed by atoms with Crippen molar-refractivity contribution in [2.24, 2.45) is 5.92 Å². The van der Waals surface area contributed by atoms with Gasteiger partial charge in [0.2, 0.25) is 5.91 Å². The number of nitrogens with zero attached hydrogens (tertiary/aromatic N) is 1. The summed E-state index contributed by atoms with van der Waals surface area (Å²) >= 11 is 0. The Labute approximate surface area is 131 Å². The quantitative estimate of drug-likeness (QED) is 0.830. The predicted molar refractivity (Wildman–Crippen MR) is 80.3 cm³/mol. The molecule has 3 fully saturated rings. The number of piperidine rings is 1. The second-order valence-electron chi connectivity index (χ2n) is 6.52. The van der Waals surface area contributed by atoms with E-state index in [0.717, 1.165) is 51.6 Å². The largest absolute Gasteiger partial charge is 0.368 e. The van der Waals surface area contributed by atoms with Gasteiger partial charge in [0.25, 0.3) is 5.91 Å². The number of ether oxygens (including phenoxy) is 2. The lowest BCUT2D eigenvalue weighted by atomic mass is 9.96. The van der Waals surface area contributed by atoms with Crippen LogP contribution < -0.4 is 5.32 Å². The minimum absolute atomic E-state index is 0.0235. The molecule has 2 atom stereocenters. The van der Waals surface area contributed by atoms with E-state index >= 15 is 0 Å². The molecule has 0 aromatic heterocycles. The van der Waals surface area contributed by atoms with Gasteiger partial charge in [0.05, 0.1) is 0 Å². The minimum Gasteiger partial charge on any atom is -0.368 e. The van der Waals surface area contributed by atoms with Crippen molar-refractivity contribution in [1.29, 1.82) is 0 Å². The number of carbonyl (C=O) groups is 2. The van der Waals surface area contributed by atoms with Gasteiger partial charge in [-0.15, -0.1) is 0 Å². The van der Waals surface area contributed by atoms with E-state index in [2.05, 4.69) is 5.32 Å². The van der Waals surface area contributed by atoms with E-state index < -0.39 is 0 Å². The van der Waals surface area contributed by atoms with Crippen molar-refractivity contribution in [2.75, 3.05) is 32.8 Å². The Bertz CT molecular complexity index is 395. The fourth-order valence-corrected chi connectivity index (χ4v) is 3.48. The Hall–Kier alpha value is -1.14. The molecular weight excluding hydrogens is 284 g/mol. The van der Waals surface area contributed by atoms with Crippen LogP contribution in [-0.4, -0.2) is 61.8 Å². The molecule has 3 heterocycles. The molecule has 0 aliphatic carbocycles. The number of nitrogens with one attached hydrogen (secondary N) is 1. The molecule has 22 heavy (non-hydrogen) atoms. The summed E-state index contributed by atoms with van der Waals surface area (Å²) in [4.78, 5) is 26.1. The summed E-state index contributed by atoms with van der Waals surface area (Å²) in [6.45, 7) is 3.66. The van der Waals surface area contributed by atoms with Crippen molar-refractivity contribution < 1.29 is 19.1 Å². The molecule has 0 aromatic carbocycles. The summed E-state index contributed by atoms with van der Waals surface area (Å²) in [6, 6.07) is 0. The van der Waals surface area contributed by atoms with Gasteiger partial charge in [0.15, 0.2) is 0 Å². The lowest BCUT2D eigenvalue weighted by Gasteiger charge is -2.33. The molecule has 0 unspecified atom stereocenters. The van der Waals surface area contributed by atoms with Crippen LogP contribution in [0.25, 0.3) is 0 Å². The highest BCUT2D eigenvalue weighted by atomic mass is 16.5. The molecule has 0 saturated carbocycles. The lowest BCUT2D eigenvalue weighted by molar-refractivity contribution is -0.142. The molecule has 3 aliphatic rings. The van der Waals surface area contributed by atoms with Crippen molar-refractivity contribution in [3.8, 4) is 0 Å². The van der Waals surface area contributed by atoms with Crippen molar-refractivity contribution in [2.45, 2.75) is 50.7 Å². The summed E-state index contributed by atoms with van der Waals surface area (Å²) in [7, 11) is 0. The third-order valence-electron chi connectivity index (χ3n) is 4.92. The van der Waals surface area contributed by atoms with Crippen molar-refractivity contribution in [1.82, 2.24) is 10.2 Å². The molecular formula is C16H26N2O4. The number of hydrogen-bond donors (Lipinski definition) is 1. The molecule has 3 saturated heterocycles. The van der Waals surface area contributed by atoms with Gasteiger partial charge < -0.3 is 19.7 Å². The molecule has 6 nitrogen and oxygen atoms in total. The maximum atomic E-state index is 12.3. The molecule has 3 rings (SSSR count). The van der Waals surface area contributed by atoms with Crippen LogP contribution in [0, 0.1) is 5.92 Å². The molecule has 2 amide bonds. The molecule has 6 heteroatoms. The van der Waals surface area contributed by atoms with E-state index in [4.69, 9.17) is 9.47 Å². The molecule has 0 radical (unpaired) electrons. The van der Waals surface area contributed by atoms with Gasteiger partial charge in [0.1, 0.15) is 12.2 Å². The molecule has 0 aromatic rings. The molecule has 3 aliphatic heterocycles. The lowest BCUT2D eigenvalue weighted by Crippen LogP contribution is -2.46. The second-order valence-corrected chi connectivity index (χ2v) is 6.52. The zero-order valence-corrected chi connectivity index (χ0v) is 13.1. The zero-order valence-electron chi connectivity index (χ0n) is 13.1. The third-order valence-corrected chi connectivity index (χ3v) is 4.92. The fraction of sp³-hybridized carbons (Fsp3) is 0.875. The first-order chi connectivity index (χ1) is 10.7. The number of carbonyl (C=O) groups excluding carboxylic acids is 2. The average molecular weight is 310 g/mol. The molecule has 1 N–H and O–H groups in total. The van der Waals surface area contributed by atoms with Crippen LogP contribution in [0.15, 0.2) is 0 Å². The van der Waals surface area contributed by atoms with Crippen molar-refractivity contribution >= 4 is 11.8 Å². The minimum atomic E-state index is -0.249. The van der Waals surface area contributed by atoms with Crippen LogP contribution in [0.2, 0.25) is 0 Å². The number of likely N-dealkylation sites (tertiary alicyclic amines) is 1. The van der Waals surface area contributed by atoms with E-state index in [1.165, 1.54) is 0 Å². The Morgan fingerprint density at radius 1 is 0.955 bits per heavy atom. The monoisotopic (exact) mass is 310 g/mol. The highest BCUT2D eigenvalue weighted by molar-refractivity contribution is 5.81. The highest BCUT2D eigenvalue weighted by Crippen LogP contribution is 2.21. The van der Waals surface area contributed by atoms with Crippen LogP contribution in [0.5, 0.6) is 0 Å². The summed E-state index contributed by atoms with van der Waals surface area (Å²) in [5.74, 6) is 0.633. The maximum absolute atomic E-state index is 12.3. The number of rotatable bonds is 4. The van der Waals surface area contributed by atoms with Gasteiger partial charge in [0, 0.05) is 32.8 Å². The van der Waals surface area contributed by atoms with E-state index in [1.54, 1.807) is 0 Å². The van der Waals surface area contributed by atoms with E-state index in [0.29, 0.717) is 25.7 Å². The second kappa shape index (κ2) is 7.42. The van der Waals surface area contributed by atoms with Crippen LogP contribution in [0.3, 0.4) is 0 Å². The molecule has 0 bridgehead atoms. The van der Waals surface area contributed by atoms with Crippen LogP contribution in [-0.2, 0) is 19.1 Å². The number of hydrogen-bond acceptors (Lipinski definition) is 4. The van der Waals surface area contributed by atoms with E-state index in [1.807, 2.05) is 4.90 Å². The summed E-state index contributed by atoms with van der Waals surface area (Å²) in [5, 5.41) is 3.00. The zero-order chi connectivity index (χ0) is 15.4. The topological polar surface area (TPSA) is 67.9 Å². The van der Waals surface area contributed by atoms with Crippen molar-refractivity contribution in [3.05, 3.63) is 0 Å². The van der Waals surface area contributed by atoms with Crippen LogP contribution in [0.1, 0.15) is 38.5 Å². The van der Waals surface area contributed by atoms with Crippen LogP contribution in [0.4, 0.5) is 0 Å². The fourth-order valence-electron chi connectivity index (χ4n) is 3.48.